The smallest absolute Gasteiger partial charge is 0.263 e. The van der Waals surface area contributed by atoms with E-state index in [4.69, 9.17) is 11.6 Å². The molecule has 0 spiro atoms. The van der Waals surface area contributed by atoms with Gasteiger partial charge in [0, 0.05) is 41.9 Å². The number of sulfonamides is 1. The van der Waals surface area contributed by atoms with E-state index in [0.29, 0.717) is 41.6 Å². The van der Waals surface area contributed by atoms with E-state index in [9.17, 15) is 18.3 Å². The van der Waals surface area contributed by atoms with Crippen molar-refractivity contribution in [2.45, 2.75) is 49.1 Å². The molecule has 3 aromatic rings. The molecule has 1 saturated heterocycles. The number of likely N-dealkylation sites (tertiary alicyclic amines) is 1. The van der Waals surface area contributed by atoms with Gasteiger partial charge < -0.3 is 14.9 Å². The second-order valence-electron chi connectivity index (χ2n) is 9.57. The number of aromatic nitrogens is 1. The highest BCUT2D eigenvalue weighted by atomic mass is 35.5. The average Bonchev–Trinajstić information content (AvgIpc) is 3.40. The van der Waals surface area contributed by atoms with Crippen molar-refractivity contribution in [1.29, 1.82) is 0 Å². The van der Waals surface area contributed by atoms with Crippen molar-refractivity contribution in [3.05, 3.63) is 70.2 Å². The van der Waals surface area contributed by atoms with E-state index in [-0.39, 0.29) is 16.8 Å². The molecule has 2 aliphatic heterocycles. The lowest BCUT2D eigenvalue weighted by Crippen LogP contribution is -2.53. The molecule has 37 heavy (non-hydrogen) atoms. The third kappa shape index (κ3) is 5.34. The van der Waals surface area contributed by atoms with Gasteiger partial charge in [-0.1, -0.05) is 23.7 Å². The molecular formula is C26H29ClN4O4S2. The Kier molecular flexibility index (Phi) is 7.19. The first-order valence-electron chi connectivity index (χ1n) is 12.3. The van der Waals surface area contributed by atoms with Crippen LogP contribution in [0.15, 0.2) is 58.9 Å². The van der Waals surface area contributed by atoms with E-state index in [1.807, 2.05) is 30.0 Å². The van der Waals surface area contributed by atoms with Crippen molar-refractivity contribution in [2.24, 2.45) is 0 Å². The van der Waals surface area contributed by atoms with Gasteiger partial charge >= 0.3 is 0 Å². The molecule has 196 valence electrons. The van der Waals surface area contributed by atoms with E-state index in [0.717, 1.165) is 25.1 Å². The molecule has 1 amide bonds. The van der Waals surface area contributed by atoms with Gasteiger partial charge in [-0.15, -0.1) is 11.3 Å². The number of nitrogens with zero attached hydrogens (tertiary/aromatic N) is 3. The number of piperidine rings is 1. The van der Waals surface area contributed by atoms with Crippen molar-refractivity contribution < 1.29 is 18.3 Å². The zero-order valence-corrected chi connectivity index (χ0v) is 22.8. The SMILES string of the molecule is C[C@@H](C(=O)N1CCC(O)(c2ccc(S(=O)(=O)Nc3nccs3)cc2)CC1)N1CCCc2cc(Cl)ccc21. The molecule has 0 saturated carbocycles. The molecule has 2 N–H and O–H groups in total. The summed E-state index contributed by atoms with van der Waals surface area (Å²) in [5.74, 6) is 0.0413. The van der Waals surface area contributed by atoms with E-state index in [1.165, 1.54) is 35.2 Å². The zero-order valence-electron chi connectivity index (χ0n) is 20.4. The number of hydrogen-bond acceptors (Lipinski definition) is 7. The van der Waals surface area contributed by atoms with E-state index in [1.54, 1.807) is 17.5 Å². The van der Waals surface area contributed by atoms with Crippen molar-refractivity contribution in [3.63, 3.8) is 0 Å². The van der Waals surface area contributed by atoms with Gasteiger partial charge in [-0.3, -0.25) is 9.52 Å². The van der Waals surface area contributed by atoms with Crippen LogP contribution >= 0.6 is 22.9 Å². The number of rotatable bonds is 6. The number of benzene rings is 2. The number of nitrogens with one attached hydrogen (secondary N) is 1. The molecule has 2 aromatic carbocycles. The van der Waals surface area contributed by atoms with Gasteiger partial charge in [0.15, 0.2) is 5.13 Å². The average molecular weight is 561 g/mol. The fourth-order valence-electron chi connectivity index (χ4n) is 5.17. The van der Waals surface area contributed by atoms with Crippen LogP contribution in [0.5, 0.6) is 0 Å². The predicted octanol–water partition coefficient (Wildman–Crippen LogP) is 4.25. The number of carbonyl (C=O) groups excluding carboxylic acids is 1. The summed E-state index contributed by atoms with van der Waals surface area (Å²) in [5, 5.41) is 14.0. The minimum absolute atomic E-state index is 0.0413. The van der Waals surface area contributed by atoms with Gasteiger partial charge in [0.2, 0.25) is 5.91 Å². The summed E-state index contributed by atoms with van der Waals surface area (Å²) in [4.78, 5) is 21.4. The number of anilines is 2. The number of halogens is 1. The fraction of sp³-hybridized carbons (Fsp3) is 0.385. The molecule has 0 bridgehead atoms. The summed E-state index contributed by atoms with van der Waals surface area (Å²) < 4.78 is 27.7. The molecule has 1 aromatic heterocycles. The summed E-state index contributed by atoms with van der Waals surface area (Å²) in [5.41, 5.74) is 1.74. The summed E-state index contributed by atoms with van der Waals surface area (Å²) in [6.07, 6.45) is 4.20. The van der Waals surface area contributed by atoms with Gasteiger partial charge in [0.05, 0.1) is 10.5 Å². The first-order valence-corrected chi connectivity index (χ1v) is 15.0. The molecule has 0 unspecified atom stereocenters. The number of aryl methyl sites for hydroxylation is 1. The van der Waals surface area contributed by atoms with Crippen LogP contribution in [-0.4, -0.2) is 55.0 Å². The van der Waals surface area contributed by atoms with Gasteiger partial charge in [0.1, 0.15) is 6.04 Å². The topological polar surface area (TPSA) is 103 Å². The lowest BCUT2D eigenvalue weighted by molar-refractivity contribution is -0.136. The Balaban J connectivity index is 1.23. The van der Waals surface area contributed by atoms with Crippen LogP contribution < -0.4 is 9.62 Å². The maximum absolute atomic E-state index is 13.4. The number of hydrogen-bond donors (Lipinski definition) is 2. The first-order chi connectivity index (χ1) is 17.7. The molecule has 5 rings (SSSR count). The second-order valence-corrected chi connectivity index (χ2v) is 12.6. The minimum Gasteiger partial charge on any atom is -0.385 e. The van der Waals surface area contributed by atoms with E-state index < -0.39 is 15.6 Å². The summed E-state index contributed by atoms with van der Waals surface area (Å²) >= 11 is 7.37. The zero-order chi connectivity index (χ0) is 26.2. The highest BCUT2D eigenvalue weighted by Crippen LogP contribution is 2.35. The Hall–Kier alpha value is -2.66. The molecule has 1 atom stereocenters. The van der Waals surface area contributed by atoms with Gasteiger partial charge in [-0.2, -0.15) is 0 Å². The highest BCUT2D eigenvalue weighted by molar-refractivity contribution is 7.93. The van der Waals surface area contributed by atoms with E-state index in [2.05, 4.69) is 14.6 Å². The number of fused-ring (bicyclic) bond motifs is 1. The molecule has 0 aliphatic carbocycles. The summed E-state index contributed by atoms with van der Waals surface area (Å²) in [7, 11) is -3.76. The maximum Gasteiger partial charge on any atom is 0.263 e. The minimum atomic E-state index is -3.76. The Bertz CT molecular complexity index is 1370. The van der Waals surface area contributed by atoms with E-state index >= 15 is 0 Å². The van der Waals surface area contributed by atoms with Crippen LogP contribution in [-0.2, 0) is 26.8 Å². The Morgan fingerprint density at radius 2 is 1.89 bits per heavy atom. The standard InChI is InChI=1S/C26H29ClN4O4S2/c1-18(31-13-2-3-19-17-21(27)6-9-23(19)31)24(32)30-14-10-26(33,11-15-30)20-4-7-22(8-5-20)37(34,35)29-25-28-12-16-36-25/h4-9,12,16-18,33H,2-3,10-11,13-15H2,1H3,(H,28,29)/t18-/m0/s1. The largest absolute Gasteiger partial charge is 0.385 e. The molecule has 3 heterocycles. The van der Waals surface area contributed by atoms with Crippen LogP contribution in [0.25, 0.3) is 0 Å². The predicted molar refractivity (Wildman–Crippen MR) is 146 cm³/mol. The second kappa shape index (κ2) is 10.2. The van der Waals surface area contributed by atoms with Crippen molar-refractivity contribution in [1.82, 2.24) is 9.88 Å². The highest BCUT2D eigenvalue weighted by Gasteiger charge is 2.38. The van der Waals surface area contributed by atoms with Gasteiger partial charge in [-0.25, -0.2) is 13.4 Å². The molecule has 8 nitrogen and oxygen atoms in total. The lowest BCUT2D eigenvalue weighted by atomic mass is 9.84. The molecule has 2 aliphatic rings. The molecule has 11 heteroatoms. The summed E-state index contributed by atoms with van der Waals surface area (Å²) in [6.45, 7) is 3.59. The van der Waals surface area contributed by atoms with Crippen LogP contribution in [0, 0.1) is 0 Å². The molecule has 0 radical (unpaired) electrons. The van der Waals surface area contributed by atoms with Crippen molar-refractivity contribution in [2.75, 3.05) is 29.3 Å². The summed E-state index contributed by atoms with van der Waals surface area (Å²) in [6, 6.07) is 11.8. The van der Waals surface area contributed by atoms with Crippen LogP contribution in [0.4, 0.5) is 10.8 Å². The number of thiazole rings is 1. The number of amides is 1. The lowest BCUT2D eigenvalue weighted by Gasteiger charge is -2.42. The Labute approximate surface area is 225 Å². The monoisotopic (exact) mass is 560 g/mol. The molecular weight excluding hydrogens is 532 g/mol. The quantitative estimate of drug-likeness (QED) is 0.467. The number of carbonyl (C=O) groups is 1. The van der Waals surface area contributed by atoms with Crippen LogP contribution in [0.1, 0.15) is 37.3 Å². The van der Waals surface area contributed by atoms with Gasteiger partial charge in [-0.05, 0) is 74.1 Å². The third-order valence-electron chi connectivity index (χ3n) is 7.28. The number of aliphatic hydroxyl groups is 1. The Morgan fingerprint density at radius 3 is 2.57 bits per heavy atom. The van der Waals surface area contributed by atoms with Crippen molar-refractivity contribution in [3.8, 4) is 0 Å². The molecule has 1 fully saturated rings. The van der Waals surface area contributed by atoms with Crippen LogP contribution in [0.2, 0.25) is 5.02 Å². The third-order valence-corrected chi connectivity index (χ3v) is 9.69. The van der Waals surface area contributed by atoms with Gasteiger partial charge in [0.25, 0.3) is 10.0 Å². The first kappa shape index (κ1) is 26.0. The normalized spacial score (nSPS) is 18.2. The van der Waals surface area contributed by atoms with Crippen molar-refractivity contribution >= 4 is 49.7 Å². The fourth-order valence-corrected chi connectivity index (χ4v) is 7.16. The Morgan fingerprint density at radius 1 is 1.16 bits per heavy atom. The van der Waals surface area contributed by atoms with Crippen LogP contribution in [0.3, 0.4) is 0 Å². The maximum atomic E-state index is 13.4.